The Hall–Kier alpha value is -1.20. The van der Waals surface area contributed by atoms with E-state index in [-0.39, 0.29) is 6.04 Å². The molecule has 1 N–H and O–H groups in total. The van der Waals surface area contributed by atoms with Crippen LogP contribution in [0.1, 0.15) is 30.2 Å². The van der Waals surface area contributed by atoms with Crippen LogP contribution in [0.5, 0.6) is 0 Å². The van der Waals surface area contributed by atoms with E-state index in [1.54, 1.807) is 6.92 Å². The van der Waals surface area contributed by atoms with Gasteiger partial charge < -0.3 is 9.84 Å². The van der Waals surface area contributed by atoms with Gasteiger partial charge in [0.05, 0.1) is 6.54 Å². The van der Waals surface area contributed by atoms with E-state index in [2.05, 4.69) is 50.4 Å². The van der Waals surface area contributed by atoms with Crippen LogP contribution in [0.4, 0.5) is 0 Å². The first-order valence-electron chi connectivity index (χ1n) is 5.43. The van der Waals surface area contributed by atoms with Crippen LogP contribution in [0, 0.1) is 6.92 Å². The Morgan fingerprint density at radius 3 is 2.65 bits per heavy atom. The van der Waals surface area contributed by atoms with Crippen LogP contribution >= 0.6 is 15.9 Å². The minimum absolute atomic E-state index is 0.252. The van der Waals surface area contributed by atoms with Gasteiger partial charge in [0.15, 0.2) is 5.82 Å². The van der Waals surface area contributed by atoms with Gasteiger partial charge in [0, 0.05) is 17.4 Å². The summed E-state index contributed by atoms with van der Waals surface area (Å²) in [4.78, 5) is 4.14. The number of halogens is 1. The van der Waals surface area contributed by atoms with E-state index in [4.69, 9.17) is 4.52 Å². The Bertz CT molecular complexity index is 481. The highest BCUT2D eigenvalue weighted by Gasteiger charge is 2.07. The molecule has 17 heavy (non-hydrogen) atoms. The van der Waals surface area contributed by atoms with E-state index >= 15 is 0 Å². The van der Waals surface area contributed by atoms with Crippen molar-refractivity contribution in [2.24, 2.45) is 0 Å². The molecule has 0 aliphatic heterocycles. The molecule has 1 heterocycles. The molecule has 1 atom stereocenters. The van der Waals surface area contributed by atoms with Gasteiger partial charge in [0.25, 0.3) is 0 Å². The molecule has 4 nitrogen and oxygen atoms in total. The fourth-order valence-electron chi connectivity index (χ4n) is 1.53. The third-order valence-corrected chi connectivity index (χ3v) is 3.03. The summed E-state index contributed by atoms with van der Waals surface area (Å²) in [6.45, 7) is 4.50. The first-order valence-corrected chi connectivity index (χ1v) is 6.22. The number of aryl methyl sites for hydroxylation is 1. The summed E-state index contributed by atoms with van der Waals surface area (Å²) < 4.78 is 6.00. The molecule has 0 aliphatic rings. The lowest BCUT2D eigenvalue weighted by Crippen LogP contribution is -2.18. The summed E-state index contributed by atoms with van der Waals surface area (Å²) in [6, 6.07) is 8.49. The Balaban J connectivity index is 1.93. The smallest absolute Gasteiger partial charge is 0.223 e. The number of hydrogen-bond donors (Lipinski definition) is 1. The molecule has 5 heteroatoms. The molecular formula is C12H14BrN3O. The van der Waals surface area contributed by atoms with E-state index in [1.807, 2.05) is 12.1 Å². The van der Waals surface area contributed by atoms with Crippen LogP contribution in [-0.2, 0) is 6.54 Å². The van der Waals surface area contributed by atoms with Crippen LogP contribution in [0.3, 0.4) is 0 Å². The van der Waals surface area contributed by atoms with Crippen molar-refractivity contribution in [1.29, 1.82) is 0 Å². The third-order valence-electron chi connectivity index (χ3n) is 2.51. The van der Waals surface area contributed by atoms with Crippen molar-refractivity contribution in [3.8, 4) is 0 Å². The molecule has 2 aromatic rings. The second kappa shape index (κ2) is 5.42. The Morgan fingerprint density at radius 2 is 2.06 bits per heavy atom. The summed E-state index contributed by atoms with van der Waals surface area (Å²) in [7, 11) is 0. The normalized spacial score (nSPS) is 12.6. The molecule has 0 saturated carbocycles. The number of nitrogens with one attached hydrogen (secondary N) is 1. The summed E-state index contributed by atoms with van der Waals surface area (Å²) in [5, 5.41) is 7.19. The monoisotopic (exact) mass is 295 g/mol. The van der Waals surface area contributed by atoms with Gasteiger partial charge in [0.2, 0.25) is 5.89 Å². The standard InChI is InChI=1S/C12H14BrN3O/c1-8(10-3-5-11(13)6-4-10)14-7-12-15-9(2)17-16-12/h3-6,8,14H,7H2,1-2H3/t8-/m1/s1. The minimum Gasteiger partial charge on any atom is -0.340 e. The molecule has 0 unspecified atom stereocenters. The van der Waals surface area contributed by atoms with E-state index in [1.165, 1.54) is 5.56 Å². The van der Waals surface area contributed by atoms with E-state index < -0.39 is 0 Å². The molecule has 2 rings (SSSR count). The van der Waals surface area contributed by atoms with Gasteiger partial charge in [-0.05, 0) is 24.6 Å². The van der Waals surface area contributed by atoms with Crippen LogP contribution in [0.25, 0.3) is 0 Å². The predicted molar refractivity (Wildman–Crippen MR) is 68.4 cm³/mol. The molecule has 0 fully saturated rings. The number of aromatic nitrogens is 2. The lowest BCUT2D eigenvalue weighted by molar-refractivity contribution is 0.384. The molecule has 0 radical (unpaired) electrons. The Labute approximate surface area is 109 Å². The maximum Gasteiger partial charge on any atom is 0.223 e. The SMILES string of the molecule is Cc1nc(CN[C@H](C)c2ccc(Br)cc2)no1. The van der Waals surface area contributed by atoms with E-state index in [9.17, 15) is 0 Å². The average molecular weight is 296 g/mol. The summed E-state index contributed by atoms with van der Waals surface area (Å²) in [5.74, 6) is 1.28. The predicted octanol–water partition coefficient (Wildman–Crippen LogP) is 2.99. The number of nitrogens with zero attached hydrogens (tertiary/aromatic N) is 2. The van der Waals surface area contributed by atoms with Gasteiger partial charge in [-0.2, -0.15) is 4.98 Å². The third kappa shape index (κ3) is 3.38. The van der Waals surface area contributed by atoms with Crippen molar-refractivity contribution >= 4 is 15.9 Å². The molecular weight excluding hydrogens is 282 g/mol. The number of hydrogen-bond acceptors (Lipinski definition) is 4. The van der Waals surface area contributed by atoms with Crippen LogP contribution < -0.4 is 5.32 Å². The van der Waals surface area contributed by atoms with Gasteiger partial charge >= 0.3 is 0 Å². The molecule has 0 spiro atoms. The number of rotatable bonds is 4. The summed E-state index contributed by atoms with van der Waals surface area (Å²) in [6.07, 6.45) is 0. The highest BCUT2D eigenvalue weighted by Crippen LogP contribution is 2.16. The van der Waals surface area contributed by atoms with Crippen LogP contribution in [0.2, 0.25) is 0 Å². The fraction of sp³-hybridized carbons (Fsp3) is 0.333. The first kappa shape index (κ1) is 12.3. The van der Waals surface area contributed by atoms with Crippen LogP contribution in [-0.4, -0.2) is 10.1 Å². The van der Waals surface area contributed by atoms with Crippen molar-refractivity contribution in [1.82, 2.24) is 15.5 Å². The van der Waals surface area contributed by atoms with E-state index in [0.717, 1.165) is 4.47 Å². The molecule has 0 bridgehead atoms. The Morgan fingerprint density at radius 1 is 1.35 bits per heavy atom. The van der Waals surface area contributed by atoms with Gasteiger partial charge in [0.1, 0.15) is 0 Å². The fourth-order valence-corrected chi connectivity index (χ4v) is 1.79. The highest BCUT2D eigenvalue weighted by atomic mass is 79.9. The second-order valence-corrected chi connectivity index (χ2v) is 4.80. The van der Waals surface area contributed by atoms with Gasteiger partial charge in [-0.3, -0.25) is 0 Å². The highest BCUT2D eigenvalue weighted by molar-refractivity contribution is 9.10. The van der Waals surface area contributed by atoms with Crippen molar-refractivity contribution < 1.29 is 4.52 Å². The van der Waals surface area contributed by atoms with E-state index in [0.29, 0.717) is 18.3 Å². The molecule has 1 aromatic heterocycles. The first-order chi connectivity index (χ1) is 8.15. The van der Waals surface area contributed by atoms with Crippen molar-refractivity contribution in [3.63, 3.8) is 0 Å². The average Bonchev–Trinajstić information content (AvgIpc) is 2.73. The zero-order valence-corrected chi connectivity index (χ0v) is 11.4. The maximum absolute atomic E-state index is 4.91. The molecule has 90 valence electrons. The Kier molecular flexibility index (Phi) is 3.91. The topological polar surface area (TPSA) is 51.0 Å². The van der Waals surface area contributed by atoms with Crippen molar-refractivity contribution in [2.45, 2.75) is 26.4 Å². The maximum atomic E-state index is 4.91. The summed E-state index contributed by atoms with van der Waals surface area (Å²) >= 11 is 3.42. The zero-order valence-electron chi connectivity index (χ0n) is 9.77. The zero-order chi connectivity index (χ0) is 12.3. The molecule has 0 amide bonds. The van der Waals surface area contributed by atoms with Crippen LogP contribution in [0.15, 0.2) is 33.3 Å². The lowest BCUT2D eigenvalue weighted by Gasteiger charge is -2.12. The quantitative estimate of drug-likeness (QED) is 0.942. The van der Waals surface area contributed by atoms with Gasteiger partial charge in [-0.15, -0.1) is 0 Å². The summed E-state index contributed by atoms with van der Waals surface area (Å²) in [5.41, 5.74) is 1.23. The second-order valence-electron chi connectivity index (χ2n) is 3.88. The van der Waals surface area contributed by atoms with Crippen molar-refractivity contribution in [3.05, 3.63) is 46.0 Å². The minimum atomic E-state index is 0.252. The lowest BCUT2D eigenvalue weighted by atomic mass is 10.1. The molecule has 0 saturated heterocycles. The van der Waals surface area contributed by atoms with Gasteiger partial charge in [-0.25, -0.2) is 0 Å². The number of benzene rings is 1. The van der Waals surface area contributed by atoms with Gasteiger partial charge in [-0.1, -0.05) is 33.2 Å². The molecule has 0 aliphatic carbocycles. The molecule has 1 aromatic carbocycles. The van der Waals surface area contributed by atoms with Crippen molar-refractivity contribution in [2.75, 3.05) is 0 Å². The largest absolute Gasteiger partial charge is 0.340 e.